The Kier molecular flexibility index (Phi) is 7.26. The number of ether oxygens (including phenoxy) is 1. The van der Waals surface area contributed by atoms with Crippen LogP contribution < -0.4 is 5.32 Å². The molecular formula is C17H24N2O8. The van der Waals surface area contributed by atoms with Crippen LogP contribution in [0.1, 0.15) is 54.8 Å². The van der Waals surface area contributed by atoms with Gasteiger partial charge in [-0.3, -0.25) is 10.1 Å². The van der Waals surface area contributed by atoms with Gasteiger partial charge in [0.1, 0.15) is 11.7 Å². The van der Waals surface area contributed by atoms with Gasteiger partial charge in [-0.2, -0.15) is 0 Å². The Balaban J connectivity index is 2.86. The van der Waals surface area contributed by atoms with E-state index in [1.165, 1.54) is 6.92 Å². The number of benzene rings is 1. The minimum atomic E-state index is -1.57. The molecule has 0 radical (unpaired) electrons. The third-order valence-corrected chi connectivity index (χ3v) is 3.64. The molecule has 1 aromatic rings. The van der Waals surface area contributed by atoms with Gasteiger partial charge in [-0.15, -0.1) is 0 Å². The largest absolute Gasteiger partial charge is 0.478 e. The molecule has 0 heterocycles. The summed E-state index contributed by atoms with van der Waals surface area (Å²) in [6.07, 6.45) is -3.72. The number of nitro benzene ring substituents is 1. The van der Waals surface area contributed by atoms with E-state index in [0.29, 0.717) is 0 Å². The third kappa shape index (κ3) is 6.50. The molecule has 0 aliphatic heterocycles. The van der Waals surface area contributed by atoms with E-state index in [-0.39, 0.29) is 29.7 Å². The van der Waals surface area contributed by atoms with Crippen LogP contribution in [-0.2, 0) is 4.74 Å². The summed E-state index contributed by atoms with van der Waals surface area (Å²) in [5.74, 6) is -1.38. The Morgan fingerprint density at radius 2 is 1.89 bits per heavy atom. The molecule has 0 bridgehead atoms. The second-order valence-corrected chi connectivity index (χ2v) is 7.00. The highest BCUT2D eigenvalue weighted by Gasteiger charge is 2.26. The fourth-order valence-electron chi connectivity index (χ4n) is 2.32. The van der Waals surface area contributed by atoms with Crippen LogP contribution in [-0.4, -0.2) is 50.6 Å². The molecule has 0 spiro atoms. The monoisotopic (exact) mass is 384 g/mol. The Morgan fingerprint density at radius 1 is 1.30 bits per heavy atom. The van der Waals surface area contributed by atoms with Gasteiger partial charge in [-0.25, -0.2) is 9.59 Å². The zero-order chi connectivity index (χ0) is 20.9. The SMILES string of the molecule is Cc1c(C(=O)O)cc(C(O)C(O)CCNC(=O)OC(C)(C)C)cc1[N+](=O)[O-]. The molecule has 10 heteroatoms. The minimum absolute atomic E-state index is 0.0210. The van der Waals surface area contributed by atoms with Crippen molar-refractivity contribution in [1.29, 1.82) is 0 Å². The number of rotatable bonds is 7. The van der Waals surface area contributed by atoms with Gasteiger partial charge in [0.05, 0.1) is 16.6 Å². The lowest BCUT2D eigenvalue weighted by Crippen LogP contribution is -2.34. The number of aliphatic hydroxyl groups is 2. The first-order valence-electron chi connectivity index (χ1n) is 8.18. The molecule has 0 fully saturated rings. The van der Waals surface area contributed by atoms with Crippen molar-refractivity contribution in [3.8, 4) is 0 Å². The molecule has 0 aliphatic carbocycles. The Morgan fingerprint density at radius 3 is 2.37 bits per heavy atom. The molecule has 150 valence electrons. The van der Waals surface area contributed by atoms with Crippen molar-refractivity contribution in [2.24, 2.45) is 0 Å². The number of carboxylic acids is 1. The van der Waals surface area contributed by atoms with Crippen molar-refractivity contribution in [2.45, 2.75) is 51.9 Å². The van der Waals surface area contributed by atoms with E-state index in [2.05, 4.69) is 5.32 Å². The number of carboxylic acid groups (broad SMARTS) is 1. The minimum Gasteiger partial charge on any atom is -0.478 e. The summed E-state index contributed by atoms with van der Waals surface area (Å²) in [4.78, 5) is 33.2. The highest BCUT2D eigenvalue weighted by atomic mass is 16.6. The average molecular weight is 384 g/mol. The van der Waals surface area contributed by atoms with Crippen molar-refractivity contribution in [3.05, 3.63) is 38.9 Å². The molecule has 1 amide bonds. The number of nitrogens with one attached hydrogen (secondary N) is 1. The van der Waals surface area contributed by atoms with Gasteiger partial charge >= 0.3 is 12.1 Å². The van der Waals surface area contributed by atoms with Crippen LogP contribution in [0.3, 0.4) is 0 Å². The number of aliphatic hydroxyl groups excluding tert-OH is 2. The highest BCUT2D eigenvalue weighted by Crippen LogP contribution is 2.29. The van der Waals surface area contributed by atoms with E-state index in [1.807, 2.05) is 0 Å². The number of nitro groups is 1. The lowest BCUT2D eigenvalue weighted by molar-refractivity contribution is -0.385. The highest BCUT2D eigenvalue weighted by molar-refractivity contribution is 5.91. The zero-order valence-corrected chi connectivity index (χ0v) is 15.6. The first-order chi connectivity index (χ1) is 12.3. The third-order valence-electron chi connectivity index (χ3n) is 3.64. The summed E-state index contributed by atoms with van der Waals surface area (Å²) in [7, 11) is 0. The van der Waals surface area contributed by atoms with Gasteiger partial charge in [0, 0.05) is 18.2 Å². The maximum Gasteiger partial charge on any atom is 0.407 e. The summed E-state index contributed by atoms with van der Waals surface area (Å²) in [5.41, 5.74) is -1.64. The van der Waals surface area contributed by atoms with Crippen molar-refractivity contribution in [2.75, 3.05) is 6.54 Å². The molecule has 2 atom stereocenters. The van der Waals surface area contributed by atoms with E-state index < -0.39 is 40.5 Å². The van der Waals surface area contributed by atoms with Crippen LogP contribution >= 0.6 is 0 Å². The first-order valence-corrected chi connectivity index (χ1v) is 8.18. The van der Waals surface area contributed by atoms with Crippen LogP contribution in [0.5, 0.6) is 0 Å². The number of amides is 1. The average Bonchev–Trinajstić information content (AvgIpc) is 2.51. The Labute approximate surface area is 155 Å². The number of alkyl carbamates (subject to hydrolysis) is 1. The second-order valence-electron chi connectivity index (χ2n) is 7.00. The normalized spacial score (nSPS) is 13.6. The first kappa shape index (κ1) is 22.3. The van der Waals surface area contributed by atoms with Gasteiger partial charge in [-0.1, -0.05) is 0 Å². The fraction of sp³-hybridized carbons (Fsp3) is 0.529. The van der Waals surface area contributed by atoms with Crippen LogP contribution in [0, 0.1) is 17.0 Å². The summed E-state index contributed by atoms with van der Waals surface area (Å²) < 4.78 is 5.03. The van der Waals surface area contributed by atoms with Crippen LogP contribution in [0.4, 0.5) is 10.5 Å². The van der Waals surface area contributed by atoms with Crippen LogP contribution in [0.2, 0.25) is 0 Å². The molecule has 2 unspecified atom stereocenters. The van der Waals surface area contributed by atoms with Gasteiger partial charge in [0.15, 0.2) is 0 Å². The molecule has 27 heavy (non-hydrogen) atoms. The molecule has 10 nitrogen and oxygen atoms in total. The van der Waals surface area contributed by atoms with Gasteiger partial charge in [-0.05, 0) is 45.7 Å². The molecule has 1 rings (SSSR count). The predicted molar refractivity (Wildman–Crippen MR) is 94.6 cm³/mol. The number of hydrogen-bond acceptors (Lipinski definition) is 7. The summed E-state index contributed by atoms with van der Waals surface area (Å²) >= 11 is 0. The number of hydrogen-bond donors (Lipinski definition) is 4. The van der Waals surface area contributed by atoms with E-state index in [4.69, 9.17) is 4.74 Å². The zero-order valence-electron chi connectivity index (χ0n) is 15.6. The van der Waals surface area contributed by atoms with E-state index in [9.17, 15) is 35.0 Å². The van der Waals surface area contributed by atoms with E-state index >= 15 is 0 Å². The second kappa shape index (κ2) is 8.78. The van der Waals surface area contributed by atoms with Crippen molar-refractivity contribution >= 4 is 17.7 Å². The van der Waals surface area contributed by atoms with Crippen LogP contribution in [0.15, 0.2) is 12.1 Å². The molecular weight excluding hydrogens is 360 g/mol. The summed E-state index contributed by atoms with van der Waals surface area (Å²) in [6, 6.07) is 2.11. The number of aromatic carboxylic acids is 1. The van der Waals surface area contributed by atoms with E-state index in [0.717, 1.165) is 12.1 Å². The van der Waals surface area contributed by atoms with Gasteiger partial charge in [0.2, 0.25) is 0 Å². The maximum atomic E-state index is 11.5. The molecule has 1 aromatic carbocycles. The Hall–Kier alpha value is -2.72. The molecule has 4 N–H and O–H groups in total. The molecule has 0 aliphatic rings. The molecule has 0 aromatic heterocycles. The summed E-state index contributed by atoms with van der Waals surface area (Å²) in [5, 5.41) is 43.0. The van der Waals surface area contributed by atoms with Crippen molar-refractivity contribution in [1.82, 2.24) is 5.32 Å². The van der Waals surface area contributed by atoms with Crippen molar-refractivity contribution < 1.29 is 34.6 Å². The Bertz CT molecular complexity index is 691. The number of carbonyl (C=O) groups is 2. The lowest BCUT2D eigenvalue weighted by atomic mass is 9.96. The van der Waals surface area contributed by atoms with Crippen LogP contribution in [0.25, 0.3) is 0 Å². The van der Waals surface area contributed by atoms with E-state index in [1.54, 1.807) is 20.8 Å². The van der Waals surface area contributed by atoms with Gasteiger partial charge in [0.25, 0.3) is 5.69 Å². The number of carbonyl (C=O) groups excluding carboxylic acids is 1. The number of nitrogens with zero attached hydrogens (tertiary/aromatic N) is 1. The quantitative estimate of drug-likeness (QED) is 0.410. The fourth-order valence-corrected chi connectivity index (χ4v) is 2.32. The lowest BCUT2D eigenvalue weighted by Gasteiger charge is -2.21. The van der Waals surface area contributed by atoms with Gasteiger partial charge < -0.3 is 25.4 Å². The topological polar surface area (TPSA) is 159 Å². The molecule has 0 saturated carbocycles. The summed E-state index contributed by atoms with van der Waals surface area (Å²) in [6.45, 7) is 6.34. The maximum absolute atomic E-state index is 11.5. The predicted octanol–water partition coefficient (Wildman–Crippen LogP) is 1.91. The standard InChI is InChI=1S/C17H24N2O8/c1-9-11(15(22)23)7-10(8-12(9)19(25)26)14(21)13(20)5-6-18-16(24)27-17(2,3)4/h7-8,13-14,20-21H,5-6H2,1-4H3,(H,18,24)(H,22,23). The van der Waals surface area contributed by atoms with Crippen molar-refractivity contribution in [3.63, 3.8) is 0 Å². The molecule has 0 saturated heterocycles. The smallest absolute Gasteiger partial charge is 0.407 e.